The molecule has 0 saturated heterocycles. The van der Waals surface area contributed by atoms with Crippen molar-refractivity contribution in [1.82, 2.24) is 9.80 Å². The Balaban J connectivity index is 1.34. The van der Waals surface area contributed by atoms with E-state index in [9.17, 15) is 0 Å². The van der Waals surface area contributed by atoms with E-state index in [1.807, 2.05) is 30.6 Å². The highest BCUT2D eigenvalue weighted by Gasteiger charge is 2.22. The van der Waals surface area contributed by atoms with Gasteiger partial charge >= 0.3 is 0 Å². The van der Waals surface area contributed by atoms with Crippen LogP contribution in [0.15, 0.2) is 75.3 Å². The highest BCUT2D eigenvalue weighted by molar-refractivity contribution is 9.10. The third kappa shape index (κ3) is 4.88. The van der Waals surface area contributed by atoms with Gasteiger partial charge in [-0.05, 0) is 35.4 Å². The van der Waals surface area contributed by atoms with E-state index >= 15 is 0 Å². The molecule has 27 heavy (non-hydrogen) atoms. The van der Waals surface area contributed by atoms with Crippen molar-refractivity contribution >= 4 is 22.3 Å². The van der Waals surface area contributed by atoms with Crippen LogP contribution in [0.5, 0.6) is 0 Å². The molecule has 0 fully saturated rings. The van der Waals surface area contributed by atoms with Crippen LogP contribution in [-0.2, 0) is 6.54 Å². The van der Waals surface area contributed by atoms with Gasteiger partial charge in [0.05, 0.1) is 12.9 Å². The third-order valence-corrected chi connectivity index (χ3v) is 5.40. The van der Waals surface area contributed by atoms with Gasteiger partial charge in [0.2, 0.25) is 0 Å². The molecule has 0 unspecified atom stereocenters. The summed E-state index contributed by atoms with van der Waals surface area (Å²) in [4.78, 5) is 9.43. The molecule has 0 aromatic heterocycles. The van der Waals surface area contributed by atoms with Gasteiger partial charge in [0.25, 0.3) is 0 Å². The van der Waals surface area contributed by atoms with Gasteiger partial charge in [-0.15, -0.1) is 0 Å². The molecule has 0 spiro atoms. The number of halogens is 1. The summed E-state index contributed by atoms with van der Waals surface area (Å²) in [7, 11) is 0. The minimum Gasteiger partial charge on any atom is -0.354 e. The summed E-state index contributed by atoms with van der Waals surface area (Å²) >= 11 is 3.46. The lowest BCUT2D eigenvalue weighted by molar-refractivity contribution is 0.300. The summed E-state index contributed by atoms with van der Waals surface area (Å²) in [6.45, 7) is 4.67. The Bertz CT molecular complexity index is 904. The number of benzene rings is 2. The Morgan fingerprint density at radius 3 is 2.63 bits per heavy atom. The average Bonchev–Trinajstić information content (AvgIpc) is 2.70. The zero-order chi connectivity index (χ0) is 18.5. The van der Waals surface area contributed by atoms with Gasteiger partial charge in [0.15, 0.2) is 0 Å². The monoisotopic (exact) mass is 419 g/mol. The molecule has 0 atom stereocenters. The molecule has 0 amide bonds. The van der Waals surface area contributed by atoms with Crippen molar-refractivity contribution in [3.63, 3.8) is 0 Å². The summed E-state index contributed by atoms with van der Waals surface area (Å²) < 4.78 is 1.08. The molecule has 2 heterocycles. The fourth-order valence-corrected chi connectivity index (χ4v) is 3.72. The zero-order valence-corrected chi connectivity index (χ0v) is 16.8. The summed E-state index contributed by atoms with van der Waals surface area (Å²) in [5, 5.41) is 0. The molecular weight excluding hydrogens is 398 g/mol. The maximum absolute atomic E-state index is 4.71. The molecule has 0 saturated carbocycles. The van der Waals surface area contributed by atoms with Crippen LogP contribution in [0.4, 0.5) is 0 Å². The van der Waals surface area contributed by atoms with Crippen LogP contribution < -0.4 is 0 Å². The van der Waals surface area contributed by atoms with Gasteiger partial charge in [-0.25, -0.2) is 4.99 Å². The Morgan fingerprint density at radius 1 is 1.00 bits per heavy atom. The quantitative estimate of drug-likeness (QED) is 0.690. The normalized spacial score (nSPS) is 16.7. The van der Waals surface area contributed by atoms with Gasteiger partial charge in [0.1, 0.15) is 0 Å². The van der Waals surface area contributed by atoms with Gasteiger partial charge in [-0.2, -0.15) is 0 Å². The summed E-state index contributed by atoms with van der Waals surface area (Å²) in [5.74, 6) is 6.59. The second-order valence-electron chi connectivity index (χ2n) is 6.95. The Morgan fingerprint density at radius 2 is 1.81 bits per heavy atom. The first-order chi connectivity index (χ1) is 13.3. The Kier molecular flexibility index (Phi) is 5.72. The maximum Gasteiger partial charge on any atom is 0.0914 e. The van der Waals surface area contributed by atoms with Crippen molar-refractivity contribution < 1.29 is 0 Å². The van der Waals surface area contributed by atoms with Crippen molar-refractivity contribution in [2.24, 2.45) is 4.99 Å². The lowest BCUT2D eigenvalue weighted by Gasteiger charge is -2.33. The first-order valence-electron chi connectivity index (χ1n) is 9.26. The summed E-state index contributed by atoms with van der Waals surface area (Å²) in [6, 6.07) is 18.7. The van der Waals surface area contributed by atoms with Gasteiger partial charge in [-0.1, -0.05) is 58.1 Å². The van der Waals surface area contributed by atoms with Crippen LogP contribution in [0.25, 0.3) is 0 Å². The second kappa shape index (κ2) is 8.56. The molecular formula is C23H22BrN3. The molecule has 0 N–H and O–H groups in total. The van der Waals surface area contributed by atoms with E-state index in [4.69, 9.17) is 4.99 Å². The predicted molar refractivity (Wildman–Crippen MR) is 114 cm³/mol. The van der Waals surface area contributed by atoms with E-state index in [0.717, 1.165) is 49.2 Å². The van der Waals surface area contributed by atoms with E-state index in [1.54, 1.807) is 0 Å². The molecule has 0 aliphatic carbocycles. The van der Waals surface area contributed by atoms with Crippen molar-refractivity contribution in [3.05, 3.63) is 81.5 Å². The summed E-state index contributed by atoms with van der Waals surface area (Å²) in [6.07, 6.45) is 3.03. The molecule has 2 aliphatic heterocycles. The van der Waals surface area contributed by atoms with Crippen LogP contribution >= 0.6 is 15.9 Å². The van der Waals surface area contributed by atoms with Crippen molar-refractivity contribution in [1.29, 1.82) is 0 Å². The van der Waals surface area contributed by atoms with Crippen molar-refractivity contribution in [2.45, 2.75) is 13.0 Å². The number of rotatable bonds is 3. The van der Waals surface area contributed by atoms with Crippen LogP contribution in [0, 0.1) is 11.8 Å². The number of hydrogen-bond donors (Lipinski definition) is 0. The Labute approximate surface area is 169 Å². The van der Waals surface area contributed by atoms with Crippen molar-refractivity contribution in [2.75, 3.05) is 26.2 Å². The molecule has 136 valence electrons. The third-order valence-electron chi connectivity index (χ3n) is 4.87. The average molecular weight is 420 g/mol. The number of aliphatic imine (C=N–C) groups is 1. The molecule has 2 aromatic carbocycles. The molecule has 0 radical (unpaired) electrons. The molecule has 4 rings (SSSR count). The number of hydrogen-bond acceptors (Lipinski definition) is 3. The first kappa shape index (κ1) is 18.0. The lowest BCUT2D eigenvalue weighted by atomic mass is 10.0. The van der Waals surface area contributed by atoms with E-state index in [1.165, 1.54) is 16.8 Å². The smallest absolute Gasteiger partial charge is 0.0914 e. The van der Waals surface area contributed by atoms with Gasteiger partial charge in [-0.3, -0.25) is 4.90 Å². The minimum atomic E-state index is 0.801. The van der Waals surface area contributed by atoms with E-state index < -0.39 is 0 Å². The molecule has 3 nitrogen and oxygen atoms in total. The maximum atomic E-state index is 4.71. The molecule has 0 bridgehead atoms. The van der Waals surface area contributed by atoms with Gasteiger partial charge in [0, 0.05) is 48.3 Å². The van der Waals surface area contributed by atoms with Crippen LogP contribution in [0.2, 0.25) is 0 Å². The highest BCUT2D eigenvalue weighted by Crippen LogP contribution is 2.23. The number of nitrogens with zero attached hydrogens (tertiary/aromatic N) is 3. The van der Waals surface area contributed by atoms with Gasteiger partial charge < -0.3 is 4.90 Å². The fourth-order valence-electron chi connectivity index (χ4n) is 3.45. The van der Waals surface area contributed by atoms with E-state index in [-0.39, 0.29) is 0 Å². The van der Waals surface area contributed by atoms with E-state index in [0.29, 0.717) is 0 Å². The topological polar surface area (TPSA) is 18.8 Å². The SMILES string of the molecule is Brc1ccc(C#CCN2CCC3=C(CN(Cc4ccccc4)C=N3)C2)cc1. The highest BCUT2D eigenvalue weighted by atomic mass is 79.9. The predicted octanol–water partition coefficient (Wildman–Crippen LogP) is 4.30. The minimum absolute atomic E-state index is 0.801. The van der Waals surface area contributed by atoms with E-state index in [2.05, 4.69) is 67.9 Å². The van der Waals surface area contributed by atoms with Crippen LogP contribution in [0.1, 0.15) is 17.5 Å². The fraction of sp³-hybridized carbons (Fsp3) is 0.261. The largest absolute Gasteiger partial charge is 0.354 e. The zero-order valence-electron chi connectivity index (χ0n) is 15.2. The lowest BCUT2D eigenvalue weighted by Crippen LogP contribution is -2.38. The Hall–Kier alpha value is -2.35. The molecule has 2 aromatic rings. The van der Waals surface area contributed by atoms with Crippen LogP contribution in [-0.4, -0.2) is 42.3 Å². The van der Waals surface area contributed by atoms with Crippen molar-refractivity contribution in [3.8, 4) is 11.8 Å². The first-order valence-corrected chi connectivity index (χ1v) is 10.1. The summed E-state index contributed by atoms with van der Waals surface area (Å²) in [5.41, 5.74) is 5.09. The standard InChI is InChI=1S/C23H22BrN3/c24-22-10-8-19(9-11-22)7-4-13-26-14-12-23-21(16-26)17-27(18-25-23)15-20-5-2-1-3-6-20/h1-3,5-6,8-11,18H,12-17H2. The second-order valence-corrected chi connectivity index (χ2v) is 7.87. The van der Waals surface area contributed by atoms with Crippen LogP contribution in [0.3, 0.4) is 0 Å². The molecule has 2 aliphatic rings. The molecule has 4 heteroatoms.